The zero-order valence-electron chi connectivity index (χ0n) is 23.0. The van der Waals surface area contributed by atoms with Gasteiger partial charge in [-0.05, 0) is 55.8 Å². The van der Waals surface area contributed by atoms with Gasteiger partial charge in [-0.2, -0.15) is 0 Å². The minimum Gasteiger partial charge on any atom is -0.497 e. The molecule has 3 heterocycles. The van der Waals surface area contributed by atoms with Crippen LogP contribution >= 0.6 is 0 Å². The van der Waals surface area contributed by atoms with Gasteiger partial charge in [0.25, 0.3) is 0 Å². The quantitative estimate of drug-likeness (QED) is 0.459. The molecular formula is C29H34N6O5. The number of carbonyl (C=O) groups is 2. The van der Waals surface area contributed by atoms with E-state index in [4.69, 9.17) is 14.2 Å². The van der Waals surface area contributed by atoms with Gasteiger partial charge in [0.1, 0.15) is 12.3 Å². The van der Waals surface area contributed by atoms with Gasteiger partial charge in [-0.25, -0.2) is 4.79 Å². The number of carbonyl (C=O) groups excluding carboxylic acids is 2. The lowest BCUT2D eigenvalue weighted by Crippen LogP contribution is -2.53. The van der Waals surface area contributed by atoms with Crippen LogP contribution in [0.25, 0.3) is 11.3 Å². The van der Waals surface area contributed by atoms with Gasteiger partial charge in [-0.1, -0.05) is 18.2 Å². The fourth-order valence-corrected chi connectivity index (χ4v) is 4.68. The molecule has 0 radical (unpaired) electrons. The van der Waals surface area contributed by atoms with E-state index >= 15 is 0 Å². The molecule has 1 fully saturated rings. The Kier molecular flexibility index (Phi) is 8.18. The maximum Gasteiger partial charge on any atom is 0.318 e. The Labute approximate surface area is 233 Å². The van der Waals surface area contributed by atoms with Crippen LogP contribution in [0.15, 0.2) is 54.6 Å². The molecule has 0 spiro atoms. The topological polar surface area (TPSA) is 109 Å². The third kappa shape index (κ3) is 6.36. The summed E-state index contributed by atoms with van der Waals surface area (Å²) in [5, 5.41) is 11.7. The van der Waals surface area contributed by atoms with Gasteiger partial charge in [0.2, 0.25) is 12.7 Å². The molecule has 5 rings (SSSR count). The van der Waals surface area contributed by atoms with E-state index in [2.05, 4.69) is 20.4 Å². The van der Waals surface area contributed by atoms with Crippen molar-refractivity contribution in [2.45, 2.75) is 26.4 Å². The van der Waals surface area contributed by atoms with Crippen LogP contribution in [0.3, 0.4) is 0 Å². The molecule has 40 heavy (non-hydrogen) atoms. The first-order valence-corrected chi connectivity index (χ1v) is 13.3. The van der Waals surface area contributed by atoms with Crippen molar-refractivity contribution < 1.29 is 23.8 Å². The third-order valence-electron chi connectivity index (χ3n) is 6.81. The van der Waals surface area contributed by atoms with Gasteiger partial charge in [0, 0.05) is 44.3 Å². The molecule has 1 aromatic heterocycles. The van der Waals surface area contributed by atoms with Crippen molar-refractivity contribution in [2.75, 3.05) is 51.5 Å². The summed E-state index contributed by atoms with van der Waals surface area (Å²) in [6.07, 6.45) is 0. The molecule has 0 aliphatic carbocycles. The summed E-state index contributed by atoms with van der Waals surface area (Å²) < 4.78 is 16.2. The lowest BCUT2D eigenvalue weighted by Gasteiger charge is -2.36. The molecule has 0 unspecified atom stereocenters. The average molecular weight is 547 g/mol. The number of anilines is 1. The van der Waals surface area contributed by atoms with Crippen LogP contribution in [0.2, 0.25) is 0 Å². The SMILES string of the molecule is COc1cccc(-c2ccc(N3CCN(C(=O)CN(Cc4ccc5c(c4)OCO5)C(=O)NC(C)C)CC3)nn2)c1. The highest BCUT2D eigenvalue weighted by atomic mass is 16.7. The fraction of sp³-hybridized carbons (Fsp3) is 0.379. The first kappa shape index (κ1) is 27.0. The lowest BCUT2D eigenvalue weighted by molar-refractivity contribution is -0.132. The first-order chi connectivity index (χ1) is 19.4. The Morgan fingerprint density at radius 3 is 2.52 bits per heavy atom. The Bertz CT molecular complexity index is 1340. The highest BCUT2D eigenvalue weighted by Crippen LogP contribution is 2.33. The maximum absolute atomic E-state index is 13.3. The van der Waals surface area contributed by atoms with Crippen LogP contribution in [0.4, 0.5) is 10.6 Å². The van der Waals surface area contributed by atoms with Crippen LogP contribution in [-0.2, 0) is 11.3 Å². The molecule has 2 aromatic carbocycles. The summed E-state index contributed by atoms with van der Waals surface area (Å²) in [6.45, 7) is 6.52. The summed E-state index contributed by atoms with van der Waals surface area (Å²) in [4.78, 5) is 31.7. The summed E-state index contributed by atoms with van der Waals surface area (Å²) in [7, 11) is 1.63. The number of benzene rings is 2. The van der Waals surface area contributed by atoms with E-state index in [1.165, 1.54) is 4.90 Å². The molecule has 0 saturated carbocycles. The molecule has 2 aliphatic heterocycles. The summed E-state index contributed by atoms with van der Waals surface area (Å²) in [6, 6.07) is 16.8. The van der Waals surface area contributed by atoms with E-state index in [0.717, 1.165) is 28.4 Å². The highest BCUT2D eigenvalue weighted by Gasteiger charge is 2.26. The van der Waals surface area contributed by atoms with Crippen LogP contribution in [0, 0.1) is 0 Å². The second-order valence-electron chi connectivity index (χ2n) is 10.0. The van der Waals surface area contributed by atoms with E-state index in [0.29, 0.717) is 37.7 Å². The van der Waals surface area contributed by atoms with Gasteiger partial charge in [0.05, 0.1) is 12.8 Å². The number of nitrogens with one attached hydrogen (secondary N) is 1. The molecule has 210 valence electrons. The van der Waals surface area contributed by atoms with Crippen LogP contribution in [-0.4, -0.2) is 84.6 Å². The number of nitrogens with zero attached hydrogens (tertiary/aromatic N) is 5. The second-order valence-corrected chi connectivity index (χ2v) is 10.0. The molecule has 3 amide bonds. The number of ether oxygens (including phenoxy) is 3. The fourth-order valence-electron chi connectivity index (χ4n) is 4.68. The molecule has 11 nitrogen and oxygen atoms in total. The number of aromatic nitrogens is 2. The number of urea groups is 1. The van der Waals surface area contributed by atoms with Gasteiger partial charge in [-0.3, -0.25) is 4.79 Å². The van der Waals surface area contributed by atoms with Crippen molar-refractivity contribution in [3.05, 3.63) is 60.2 Å². The first-order valence-electron chi connectivity index (χ1n) is 13.3. The summed E-state index contributed by atoms with van der Waals surface area (Å²) in [5.41, 5.74) is 2.55. The molecule has 11 heteroatoms. The average Bonchev–Trinajstić information content (AvgIpc) is 3.45. The van der Waals surface area contributed by atoms with Crippen molar-refractivity contribution in [1.82, 2.24) is 25.3 Å². The third-order valence-corrected chi connectivity index (χ3v) is 6.81. The van der Waals surface area contributed by atoms with Gasteiger partial charge in [-0.15, -0.1) is 10.2 Å². The van der Waals surface area contributed by atoms with E-state index in [-0.39, 0.29) is 37.9 Å². The molecule has 0 atom stereocenters. The minimum absolute atomic E-state index is 0.0258. The number of methoxy groups -OCH3 is 1. The minimum atomic E-state index is -0.286. The predicted molar refractivity (Wildman–Crippen MR) is 149 cm³/mol. The number of amides is 3. The van der Waals surface area contributed by atoms with Crippen molar-refractivity contribution >= 4 is 17.8 Å². The molecule has 2 aliphatic rings. The normalized spacial score (nSPS) is 14.3. The molecule has 1 saturated heterocycles. The lowest BCUT2D eigenvalue weighted by atomic mass is 10.1. The Hall–Kier alpha value is -4.54. The van der Waals surface area contributed by atoms with Crippen LogP contribution < -0.4 is 24.4 Å². The summed E-state index contributed by atoms with van der Waals surface area (Å²) in [5.74, 6) is 2.75. The van der Waals surface area contributed by atoms with Crippen LogP contribution in [0.1, 0.15) is 19.4 Å². The Morgan fingerprint density at radius 2 is 1.80 bits per heavy atom. The smallest absolute Gasteiger partial charge is 0.318 e. The largest absolute Gasteiger partial charge is 0.497 e. The Balaban J connectivity index is 1.19. The second kappa shape index (κ2) is 12.1. The number of fused-ring (bicyclic) bond motifs is 1. The van der Waals surface area contributed by atoms with Crippen molar-refractivity contribution in [3.63, 3.8) is 0 Å². The van der Waals surface area contributed by atoms with Gasteiger partial charge < -0.3 is 34.2 Å². The van der Waals surface area contributed by atoms with E-state index in [1.54, 1.807) is 12.0 Å². The van der Waals surface area contributed by atoms with E-state index < -0.39 is 0 Å². The number of hydrogen-bond donors (Lipinski definition) is 1. The van der Waals surface area contributed by atoms with Gasteiger partial charge >= 0.3 is 6.03 Å². The highest BCUT2D eigenvalue weighted by molar-refractivity contribution is 5.84. The standard InChI is InChI=1S/C29H34N6O5/c1-20(2)30-29(37)35(17-21-7-9-25-26(15-21)40-19-39-25)18-28(36)34-13-11-33(12-14-34)27-10-8-24(31-32-27)22-5-4-6-23(16-22)38-3/h4-10,15-16,20H,11-14,17-19H2,1-3H3,(H,30,37). The molecule has 3 aromatic rings. The summed E-state index contributed by atoms with van der Waals surface area (Å²) >= 11 is 0. The monoisotopic (exact) mass is 546 g/mol. The number of rotatable bonds is 8. The van der Waals surface area contributed by atoms with Crippen molar-refractivity contribution in [1.29, 1.82) is 0 Å². The van der Waals surface area contributed by atoms with E-state index in [1.807, 2.05) is 68.4 Å². The van der Waals surface area contributed by atoms with Crippen LogP contribution in [0.5, 0.6) is 17.2 Å². The van der Waals surface area contributed by atoms with Crippen molar-refractivity contribution in [3.8, 4) is 28.5 Å². The van der Waals surface area contributed by atoms with Crippen molar-refractivity contribution in [2.24, 2.45) is 0 Å². The zero-order valence-corrected chi connectivity index (χ0v) is 23.0. The number of piperazine rings is 1. The van der Waals surface area contributed by atoms with E-state index in [9.17, 15) is 9.59 Å². The predicted octanol–water partition coefficient (Wildman–Crippen LogP) is 3.15. The Morgan fingerprint density at radius 1 is 1.00 bits per heavy atom. The molecule has 0 bridgehead atoms. The zero-order chi connectivity index (χ0) is 28.1. The maximum atomic E-state index is 13.3. The number of hydrogen-bond acceptors (Lipinski definition) is 8. The molecule has 1 N–H and O–H groups in total. The van der Waals surface area contributed by atoms with Gasteiger partial charge in [0.15, 0.2) is 17.3 Å². The molecular weight excluding hydrogens is 512 g/mol.